The Hall–Kier alpha value is -2.54. The molecule has 2 N–H and O–H groups in total. The van der Waals surface area contributed by atoms with E-state index in [1.54, 1.807) is 18.2 Å². The maximum atomic E-state index is 13.7. The third-order valence-electron chi connectivity index (χ3n) is 4.52. The molecule has 1 saturated heterocycles. The molecule has 132 valence electrons. The molecule has 1 aromatic carbocycles. The third kappa shape index (κ3) is 3.61. The monoisotopic (exact) mass is 345 g/mol. The summed E-state index contributed by atoms with van der Waals surface area (Å²) in [4.78, 5) is 29.9. The highest BCUT2D eigenvalue weighted by molar-refractivity contribution is 5.97. The van der Waals surface area contributed by atoms with E-state index in [4.69, 9.17) is 0 Å². The number of hydrogen-bond acceptors (Lipinski definition) is 4. The van der Waals surface area contributed by atoms with E-state index in [0.717, 1.165) is 0 Å². The number of benzene rings is 1. The van der Waals surface area contributed by atoms with Crippen LogP contribution in [0.5, 0.6) is 0 Å². The van der Waals surface area contributed by atoms with Crippen molar-refractivity contribution >= 4 is 22.7 Å². The van der Waals surface area contributed by atoms with E-state index in [1.807, 2.05) is 0 Å². The largest absolute Gasteiger partial charge is 0.388 e. The van der Waals surface area contributed by atoms with Gasteiger partial charge in [-0.25, -0.2) is 4.39 Å². The zero-order chi connectivity index (χ0) is 18.0. The molecule has 25 heavy (non-hydrogen) atoms. The van der Waals surface area contributed by atoms with Crippen molar-refractivity contribution in [1.82, 2.24) is 15.2 Å². The zero-order valence-electron chi connectivity index (χ0n) is 14.0. The fourth-order valence-corrected chi connectivity index (χ4v) is 3.24. The quantitative estimate of drug-likeness (QED) is 0.883. The maximum Gasteiger partial charge on any atom is 0.255 e. The predicted octanol–water partition coefficient (Wildman–Crippen LogP) is 1.48. The van der Waals surface area contributed by atoms with Crippen molar-refractivity contribution in [2.45, 2.75) is 24.9 Å². The number of para-hydroxylation sites is 1. The number of carbonyl (C=O) groups excluding carboxylic acids is 2. The number of fused-ring (bicyclic) bond motifs is 1. The predicted molar refractivity (Wildman–Crippen MR) is 90.5 cm³/mol. The molecule has 1 atom stereocenters. The number of halogens is 1. The molecule has 7 heteroatoms. The van der Waals surface area contributed by atoms with E-state index in [1.165, 1.54) is 24.2 Å². The molecular weight excluding hydrogens is 325 g/mol. The maximum absolute atomic E-state index is 13.7. The smallest absolute Gasteiger partial charge is 0.255 e. The molecule has 0 bridgehead atoms. The van der Waals surface area contributed by atoms with Gasteiger partial charge in [-0.05, 0) is 25.0 Å². The van der Waals surface area contributed by atoms with E-state index in [9.17, 15) is 19.1 Å². The van der Waals surface area contributed by atoms with Gasteiger partial charge in [-0.2, -0.15) is 0 Å². The number of rotatable bonds is 3. The van der Waals surface area contributed by atoms with Crippen LogP contribution in [0.2, 0.25) is 0 Å². The number of aliphatic hydroxyl groups is 1. The number of nitrogens with one attached hydrogen (secondary N) is 1. The number of nitrogens with zero attached hydrogens (tertiary/aromatic N) is 2. The van der Waals surface area contributed by atoms with Gasteiger partial charge in [0.25, 0.3) is 5.91 Å². The molecule has 3 rings (SSSR count). The summed E-state index contributed by atoms with van der Waals surface area (Å²) >= 11 is 0. The molecule has 0 aliphatic carbocycles. The Labute approximate surface area is 144 Å². The highest BCUT2D eigenvalue weighted by Gasteiger charge is 2.37. The van der Waals surface area contributed by atoms with Gasteiger partial charge in [-0.1, -0.05) is 12.1 Å². The number of likely N-dealkylation sites (tertiary alicyclic amines) is 1. The van der Waals surface area contributed by atoms with Crippen molar-refractivity contribution in [3.8, 4) is 0 Å². The molecule has 1 fully saturated rings. The van der Waals surface area contributed by atoms with E-state index in [2.05, 4.69) is 10.3 Å². The van der Waals surface area contributed by atoms with E-state index >= 15 is 0 Å². The number of pyridine rings is 1. The minimum absolute atomic E-state index is 0.0472. The topological polar surface area (TPSA) is 82.5 Å². The van der Waals surface area contributed by atoms with Gasteiger partial charge in [0.2, 0.25) is 5.91 Å². The Morgan fingerprint density at radius 1 is 1.44 bits per heavy atom. The fourth-order valence-electron chi connectivity index (χ4n) is 3.24. The van der Waals surface area contributed by atoms with Crippen LogP contribution in [-0.4, -0.2) is 52.5 Å². The minimum atomic E-state index is -1.23. The van der Waals surface area contributed by atoms with Crippen molar-refractivity contribution < 1.29 is 19.1 Å². The molecule has 2 amide bonds. The van der Waals surface area contributed by atoms with Crippen molar-refractivity contribution in [2.75, 3.05) is 20.1 Å². The van der Waals surface area contributed by atoms with Crippen LogP contribution in [0, 0.1) is 5.82 Å². The van der Waals surface area contributed by atoms with Gasteiger partial charge in [0.1, 0.15) is 11.3 Å². The molecule has 1 unspecified atom stereocenters. The summed E-state index contributed by atoms with van der Waals surface area (Å²) in [7, 11) is 1.51. The molecule has 2 heterocycles. The Morgan fingerprint density at radius 2 is 2.24 bits per heavy atom. The lowest BCUT2D eigenvalue weighted by molar-refractivity contribution is -0.127. The third-order valence-corrected chi connectivity index (χ3v) is 4.52. The van der Waals surface area contributed by atoms with Crippen LogP contribution in [0.1, 0.15) is 29.6 Å². The van der Waals surface area contributed by atoms with Gasteiger partial charge in [-0.3, -0.25) is 14.6 Å². The first-order chi connectivity index (χ1) is 11.9. The van der Waals surface area contributed by atoms with E-state index < -0.39 is 11.4 Å². The van der Waals surface area contributed by atoms with Crippen molar-refractivity contribution in [2.24, 2.45) is 0 Å². The number of aromatic nitrogens is 1. The summed E-state index contributed by atoms with van der Waals surface area (Å²) in [6.45, 7) is 0.580. The Morgan fingerprint density at radius 3 is 3.00 bits per heavy atom. The lowest BCUT2D eigenvalue weighted by Crippen LogP contribution is -2.52. The first-order valence-corrected chi connectivity index (χ1v) is 8.18. The summed E-state index contributed by atoms with van der Waals surface area (Å²) in [5.41, 5.74) is -0.680. The van der Waals surface area contributed by atoms with Crippen LogP contribution < -0.4 is 5.32 Å². The molecule has 0 saturated carbocycles. The normalized spacial score (nSPS) is 20.5. The average molecular weight is 345 g/mol. The Balaban J connectivity index is 1.81. The lowest BCUT2D eigenvalue weighted by Gasteiger charge is -2.38. The van der Waals surface area contributed by atoms with Crippen molar-refractivity contribution in [3.05, 3.63) is 41.8 Å². The lowest BCUT2D eigenvalue weighted by atomic mass is 9.89. The summed E-state index contributed by atoms with van der Waals surface area (Å²) in [6, 6.07) is 6.18. The van der Waals surface area contributed by atoms with E-state index in [0.29, 0.717) is 30.3 Å². The number of hydrogen-bond donors (Lipinski definition) is 2. The van der Waals surface area contributed by atoms with Crippen LogP contribution in [-0.2, 0) is 4.79 Å². The fraction of sp³-hybridized carbons (Fsp3) is 0.389. The van der Waals surface area contributed by atoms with Crippen LogP contribution >= 0.6 is 0 Å². The van der Waals surface area contributed by atoms with Gasteiger partial charge in [-0.15, -0.1) is 0 Å². The zero-order valence-corrected chi connectivity index (χ0v) is 14.0. The second-order valence-electron chi connectivity index (χ2n) is 6.44. The summed E-state index contributed by atoms with van der Waals surface area (Å²) in [5.74, 6) is -0.984. The SMILES string of the molecule is CNC(=O)CC1(O)CCCN(C(=O)c2cnc3c(F)cccc3c2)C1. The summed E-state index contributed by atoms with van der Waals surface area (Å²) < 4.78 is 13.7. The molecule has 6 nitrogen and oxygen atoms in total. The molecule has 1 aliphatic rings. The number of piperidine rings is 1. The molecule has 1 aliphatic heterocycles. The molecule has 0 spiro atoms. The first kappa shape index (κ1) is 17.3. The number of β-amino-alcohol motifs (C(OH)–C–C–N with tert-alkyl or cyclic N) is 1. The number of amides is 2. The van der Waals surface area contributed by atoms with Gasteiger partial charge >= 0.3 is 0 Å². The Bertz CT molecular complexity index is 826. The van der Waals surface area contributed by atoms with Crippen LogP contribution in [0.25, 0.3) is 10.9 Å². The van der Waals surface area contributed by atoms with Crippen molar-refractivity contribution in [3.63, 3.8) is 0 Å². The molecule has 1 aromatic heterocycles. The summed E-state index contributed by atoms with van der Waals surface area (Å²) in [6.07, 6.45) is 2.37. The highest BCUT2D eigenvalue weighted by atomic mass is 19.1. The first-order valence-electron chi connectivity index (χ1n) is 8.18. The van der Waals surface area contributed by atoms with E-state index in [-0.39, 0.29) is 30.3 Å². The second kappa shape index (κ2) is 6.76. The Kier molecular flexibility index (Phi) is 4.67. The number of carbonyl (C=O) groups is 2. The van der Waals surface area contributed by atoms with Gasteiger partial charge in [0.15, 0.2) is 0 Å². The summed E-state index contributed by atoms with van der Waals surface area (Å²) in [5, 5.41) is 13.7. The average Bonchev–Trinajstić information content (AvgIpc) is 2.60. The molecular formula is C18H20FN3O3. The van der Waals surface area contributed by atoms with Crippen LogP contribution in [0.3, 0.4) is 0 Å². The van der Waals surface area contributed by atoms with Gasteiger partial charge in [0, 0.05) is 25.2 Å². The molecule has 0 radical (unpaired) electrons. The van der Waals surface area contributed by atoms with Gasteiger partial charge in [0.05, 0.1) is 24.1 Å². The minimum Gasteiger partial charge on any atom is -0.388 e. The highest BCUT2D eigenvalue weighted by Crippen LogP contribution is 2.26. The van der Waals surface area contributed by atoms with Crippen LogP contribution in [0.15, 0.2) is 30.5 Å². The molecule has 2 aromatic rings. The van der Waals surface area contributed by atoms with Crippen LogP contribution in [0.4, 0.5) is 4.39 Å². The standard InChI is InChI=1S/C18H20FN3O3/c1-20-15(23)9-18(25)6-3-7-22(11-18)17(24)13-8-12-4-2-5-14(19)16(12)21-10-13/h2,4-5,8,10,25H,3,6-7,9,11H2,1H3,(H,20,23). The van der Waals surface area contributed by atoms with Crippen molar-refractivity contribution in [1.29, 1.82) is 0 Å². The second-order valence-corrected chi connectivity index (χ2v) is 6.44. The van der Waals surface area contributed by atoms with Gasteiger partial charge < -0.3 is 15.3 Å².